The predicted molar refractivity (Wildman–Crippen MR) is 36.4 cm³/mol. The Morgan fingerprint density at radius 2 is 1.75 bits per heavy atom. The van der Waals surface area contributed by atoms with Gasteiger partial charge in [0, 0.05) is 12.4 Å². The van der Waals surface area contributed by atoms with Gasteiger partial charge < -0.3 is 0 Å². The molecule has 1 aromatic heterocycles. The number of nitrogens with zero attached hydrogens (tertiary/aromatic N) is 2. The minimum absolute atomic E-state index is 0. The number of thiol groups is 1. The van der Waals surface area contributed by atoms with Gasteiger partial charge in [-0.3, -0.25) is 0 Å². The summed E-state index contributed by atoms with van der Waals surface area (Å²) in [5, 5.41) is 0.516. The standard InChI is InChI=1S/C4H4N2S.Na.H/c7-4-5-2-1-3-6-4;;/h1-3H,(H,5,6,7);;. The molecule has 0 bridgehead atoms. The van der Waals surface area contributed by atoms with E-state index in [2.05, 4.69) is 22.6 Å². The van der Waals surface area contributed by atoms with Gasteiger partial charge in [0.2, 0.25) is 0 Å². The molecule has 4 heteroatoms. The maximum atomic E-state index is 3.86. The molecule has 0 aliphatic heterocycles. The summed E-state index contributed by atoms with van der Waals surface area (Å²) in [6.07, 6.45) is 3.30. The van der Waals surface area contributed by atoms with Crippen molar-refractivity contribution in [1.29, 1.82) is 0 Å². The van der Waals surface area contributed by atoms with E-state index in [-0.39, 0.29) is 29.6 Å². The number of hydrogen-bond donors (Lipinski definition) is 1. The normalized spacial score (nSPS) is 7.62. The molecular formula is C4H5N2NaS. The Kier molecular flexibility index (Phi) is 4.56. The van der Waals surface area contributed by atoms with E-state index in [0.29, 0.717) is 5.16 Å². The molecule has 0 saturated carbocycles. The molecule has 0 N–H and O–H groups in total. The van der Waals surface area contributed by atoms with Crippen molar-refractivity contribution >= 4 is 42.2 Å². The van der Waals surface area contributed by atoms with Crippen molar-refractivity contribution in [2.24, 2.45) is 0 Å². The monoisotopic (exact) mass is 136 g/mol. The summed E-state index contributed by atoms with van der Waals surface area (Å²) < 4.78 is 0. The van der Waals surface area contributed by atoms with Crippen LogP contribution in [-0.4, -0.2) is 39.5 Å². The van der Waals surface area contributed by atoms with E-state index in [1.807, 2.05) is 0 Å². The third-order valence-corrected chi connectivity index (χ3v) is 0.783. The first-order chi connectivity index (χ1) is 3.39. The summed E-state index contributed by atoms with van der Waals surface area (Å²) >= 11 is 3.86. The van der Waals surface area contributed by atoms with Gasteiger partial charge in [0.1, 0.15) is 0 Å². The van der Waals surface area contributed by atoms with Crippen LogP contribution in [-0.2, 0) is 0 Å². The number of aromatic nitrogens is 2. The van der Waals surface area contributed by atoms with Crippen LogP contribution in [0.25, 0.3) is 0 Å². The number of hydrogen-bond acceptors (Lipinski definition) is 3. The summed E-state index contributed by atoms with van der Waals surface area (Å²) in [5.41, 5.74) is 0. The Balaban J connectivity index is 0.000000490. The SMILES string of the molecule is Sc1ncccn1.[NaH]. The fourth-order valence-corrected chi connectivity index (χ4v) is 0.425. The van der Waals surface area contributed by atoms with Crippen LogP contribution in [0.2, 0.25) is 0 Å². The van der Waals surface area contributed by atoms with Crippen LogP contribution in [0.1, 0.15) is 0 Å². The van der Waals surface area contributed by atoms with Crippen molar-refractivity contribution in [3.05, 3.63) is 18.5 Å². The van der Waals surface area contributed by atoms with Crippen molar-refractivity contribution in [2.45, 2.75) is 5.16 Å². The van der Waals surface area contributed by atoms with E-state index in [9.17, 15) is 0 Å². The van der Waals surface area contributed by atoms with Gasteiger partial charge in [-0.1, -0.05) is 0 Å². The zero-order valence-corrected chi connectivity index (χ0v) is 4.47. The molecule has 0 aliphatic rings. The maximum absolute atomic E-state index is 3.86. The van der Waals surface area contributed by atoms with Crippen LogP contribution in [0.4, 0.5) is 0 Å². The van der Waals surface area contributed by atoms with Crippen molar-refractivity contribution in [1.82, 2.24) is 9.97 Å². The Morgan fingerprint density at radius 1 is 1.25 bits per heavy atom. The quantitative estimate of drug-likeness (QED) is 0.311. The molecule has 0 amide bonds. The minimum atomic E-state index is 0. The van der Waals surface area contributed by atoms with Gasteiger partial charge in [-0.2, -0.15) is 0 Å². The molecule has 0 fully saturated rings. The van der Waals surface area contributed by atoms with Crippen molar-refractivity contribution in [3.8, 4) is 0 Å². The first-order valence-electron chi connectivity index (χ1n) is 1.85. The van der Waals surface area contributed by atoms with Crippen LogP contribution in [0.15, 0.2) is 23.6 Å². The van der Waals surface area contributed by atoms with Gasteiger partial charge in [0.25, 0.3) is 0 Å². The van der Waals surface area contributed by atoms with E-state index >= 15 is 0 Å². The number of rotatable bonds is 0. The average Bonchev–Trinajstić information content (AvgIpc) is 1.69. The van der Waals surface area contributed by atoms with Gasteiger partial charge >= 0.3 is 29.6 Å². The molecule has 0 aliphatic carbocycles. The Morgan fingerprint density at radius 3 is 2.00 bits per heavy atom. The fourth-order valence-electron chi connectivity index (χ4n) is 0.291. The van der Waals surface area contributed by atoms with E-state index in [0.717, 1.165) is 0 Å². The molecule has 8 heavy (non-hydrogen) atoms. The zero-order chi connectivity index (χ0) is 5.11. The van der Waals surface area contributed by atoms with Gasteiger partial charge in [0.05, 0.1) is 0 Å². The molecule has 2 nitrogen and oxygen atoms in total. The summed E-state index contributed by atoms with van der Waals surface area (Å²) in [6.45, 7) is 0. The van der Waals surface area contributed by atoms with Gasteiger partial charge in [0.15, 0.2) is 5.16 Å². The Bertz CT molecular complexity index is 144. The topological polar surface area (TPSA) is 25.8 Å². The molecule has 0 atom stereocenters. The van der Waals surface area contributed by atoms with E-state index in [4.69, 9.17) is 0 Å². The molecule has 0 unspecified atom stereocenters. The van der Waals surface area contributed by atoms with Crippen molar-refractivity contribution in [2.75, 3.05) is 0 Å². The second-order valence-electron chi connectivity index (χ2n) is 1.05. The van der Waals surface area contributed by atoms with Gasteiger partial charge in [-0.05, 0) is 6.07 Å². The first-order valence-corrected chi connectivity index (χ1v) is 2.30. The predicted octanol–water partition coefficient (Wildman–Crippen LogP) is 0.117. The fraction of sp³-hybridized carbons (Fsp3) is 0. The summed E-state index contributed by atoms with van der Waals surface area (Å²) in [6, 6.07) is 1.75. The zero-order valence-electron chi connectivity index (χ0n) is 3.57. The van der Waals surface area contributed by atoms with E-state index in [1.54, 1.807) is 18.5 Å². The Hall–Kier alpha value is 0.430. The summed E-state index contributed by atoms with van der Waals surface area (Å²) in [4.78, 5) is 7.46. The second-order valence-corrected chi connectivity index (χ2v) is 1.45. The van der Waals surface area contributed by atoms with Crippen LogP contribution in [0, 0.1) is 0 Å². The molecular weight excluding hydrogens is 131 g/mol. The second kappa shape index (κ2) is 4.32. The molecule has 38 valence electrons. The van der Waals surface area contributed by atoms with Crippen LogP contribution in [0.5, 0.6) is 0 Å². The molecule has 0 aromatic carbocycles. The van der Waals surface area contributed by atoms with Crippen LogP contribution in [0.3, 0.4) is 0 Å². The summed E-state index contributed by atoms with van der Waals surface area (Å²) in [5.74, 6) is 0. The molecule has 1 heterocycles. The molecule has 0 radical (unpaired) electrons. The Labute approximate surface area is 75.4 Å². The van der Waals surface area contributed by atoms with Crippen LogP contribution < -0.4 is 0 Å². The molecule has 0 saturated heterocycles. The average molecular weight is 136 g/mol. The van der Waals surface area contributed by atoms with Gasteiger partial charge in [-0.15, -0.1) is 12.6 Å². The van der Waals surface area contributed by atoms with Crippen molar-refractivity contribution in [3.63, 3.8) is 0 Å². The van der Waals surface area contributed by atoms with Crippen molar-refractivity contribution < 1.29 is 0 Å². The van der Waals surface area contributed by atoms with E-state index < -0.39 is 0 Å². The molecule has 0 spiro atoms. The van der Waals surface area contributed by atoms with Gasteiger partial charge in [-0.25, -0.2) is 9.97 Å². The van der Waals surface area contributed by atoms with Crippen LogP contribution >= 0.6 is 12.6 Å². The summed E-state index contributed by atoms with van der Waals surface area (Å²) in [7, 11) is 0. The first kappa shape index (κ1) is 8.43. The molecule has 1 rings (SSSR count). The third kappa shape index (κ3) is 2.67. The molecule has 1 aromatic rings. The van der Waals surface area contributed by atoms with E-state index in [1.165, 1.54) is 0 Å². The third-order valence-electron chi connectivity index (χ3n) is 0.552.